The maximum absolute atomic E-state index is 13.5. The van der Waals surface area contributed by atoms with Crippen LogP contribution >= 0.6 is 0 Å². The minimum absolute atomic E-state index is 0.0183. The first kappa shape index (κ1) is 37.7. The molecule has 0 unspecified atom stereocenters. The van der Waals surface area contributed by atoms with E-state index < -0.39 is 42.0 Å². The zero-order valence-electron chi connectivity index (χ0n) is 30.1. The molecule has 2 fully saturated rings. The number of methoxy groups -OCH3 is 1. The Bertz CT molecular complexity index is 2360. The van der Waals surface area contributed by atoms with Crippen LogP contribution in [0.3, 0.4) is 0 Å². The van der Waals surface area contributed by atoms with Crippen molar-refractivity contribution in [3.05, 3.63) is 109 Å². The van der Waals surface area contributed by atoms with Crippen molar-refractivity contribution in [2.24, 2.45) is 7.05 Å². The van der Waals surface area contributed by atoms with Gasteiger partial charge in [0, 0.05) is 36.0 Å². The number of ether oxygens (including phenoxy) is 1. The SMILES string of the molecule is CCC(CC)S(=O)(=O)NC(=O)C1(c2ccccc2)CC1.COc1cccc(-c2cnn(C)c2)c1C1(C(=O)NS(=O)(=O)c2cccc3ncccc23)CC1. The van der Waals surface area contributed by atoms with Gasteiger partial charge in [0.05, 0.1) is 39.8 Å². The van der Waals surface area contributed by atoms with Gasteiger partial charge in [0.2, 0.25) is 21.8 Å². The van der Waals surface area contributed by atoms with Crippen LogP contribution < -0.4 is 14.2 Å². The first-order valence-electron chi connectivity index (χ1n) is 17.5. The highest BCUT2D eigenvalue weighted by molar-refractivity contribution is 7.90. The van der Waals surface area contributed by atoms with Crippen LogP contribution in [0.1, 0.15) is 63.5 Å². The van der Waals surface area contributed by atoms with E-state index in [4.69, 9.17) is 4.74 Å². The van der Waals surface area contributed by atoms with Gasteiger partial charge >= 0.3 is 0 Å². The Labute approximate surface area is 310 Å². The van der Waals surface area contributed by atoms with Gasteiger partial charge in [-0.15, -0.1) is 0 Å². The minimum atomic E-state index is -4.13. The number of benzene rings is 3. The van der Waals surface area contributed by atoms with Crippen molar-refractivity contribution < 1.29 is 31.2 Å². The summed E-state index contributed by atoms with van der Waals surface area (Å²) in [4.78, 5) is 30.1. The number of fused-ring (bicyclic) bond motifs is 1. The van der Waals surface area contributed by atoms with Crippen LogP contribution in [0.2, 0.25) is 0 Å². The van der Waals surface area contributed by atoms with Crippen molar-refractivity contribution in [1.29, 1.82) is 0 Å². The van der Waals surface area contributed by atoms with Crippen LogP contribution in [-0.2, 0) is 47.5 Å². The third kappa shape index (κ3) is 7.42. The maximum Gasteiger partial charge on any atom is 0.264 e. The van der Waals surface area contributed by atoms with Crippen LogP contribution in [-0.4, -0.2) is 55.8 Å². The second-order valence-electron chi connectivity index (χ2n) is 13.5. The van der Waals surface area contributed by atoms with E-state index in [1.54, 1.807) is 54.5 Å². The van der Waals surface area contributed by atoms with Gasteiger partial charge in [-0.1, -0.05) is 62.4 Å². The van der Waals surface area contributed by atoms with Crippen molar-refractivity contribution in [3.63, 3.8) is 0 Å². The second-order valence-corrected chi connectivity index (χ2v) is 17.1. The number of pyridine rings is 1. The molecule has 0 aliphatic heterocycles. The highest BCUT2D eigenvalue weighted by Crippen LogP contribution is 2.55. The van der Waals surface area contributed by atoms with E-state index in [2.05, 4.69) is 19.5 Å². The molecule has 2 aliphatic carbocycles. The third-order valence-electron chi connectivity index (χ3n) is 10.1. The lowest BCUT2D eigenvalue weighted by atomic mass is 9.87. The van der Waals surface area contributed by atoms with E-state index in [0.29, 0.717) is 60.7 Å². The van der Waals surface area contributed by atoms with Gasteiger partial charge in [0.15, 0.2) is 0 Å². The number of nitrogens with one attached hydrogen (secondary N) is 2. The molecule has 53 heavy (non-hydrogen) atoms. The van der Waals surface area contributed by atoms with Crippen LogP contribution in [0, 0.1) is 0 Å². The summed E-state index contributed by atoms with van der Waals surface area (Å²) < 4.78 is 62.8. The van der Waals surface area contributed by atoms with E-state index in [0.717, 1.165) is 16.7 Å². The molecule has 2 amide bonds. The molecule has 3 aromatic carbocycles. The lowest BCUT2D eigenvalue weighted by molar-refractivity contribution is -0.122. The molecule has 2 heterocycles. The van der Waals surface area contributed by atoms with E-state index in [1.807, 2.05) is 69.6 Å². The predicted octanol–water partition coefficient (Wildman–Crippen LogP) is 5.53. The van der Waals surface area contributed by atoms with Gasteiger partial charge in [-0.2, -0.15) is 5.10 Å². The zero-order valence-corrected chi connectivity index (χ0v) is 31.7. The lowest BCUT2D eigenvalue weighted by Crippen LogP contribution is -2.43. The molecule has 0 bridgehead atoms. The molecule has 2 aliphatic rings. The Balaban J connectivity index is 0.000000206. The molecule has 2 N–H and O–H groups in total. The fourth-order valence-electron chi connectivity index (χ4n) is 6.86. The molecular weight excluding hydrogens is 715 g/mol. The van der Waals surface area contributed by atoms with Crippen molar-refractivity contribution in [2.45, 2.75) is 73.3 Å². The topological polar surface area (TPSA) is 166 Å². The van der Waals surface area contributed by atoms with Crippen molar-refractivity contribution >= 4 is 42.8 Å². The first-order chi connectivity index (χ1) is 25.3. The molecule has 0 saturated heterocycles. The fourth-order valence-corrected chi connectivity index (χ4v) is 9.63. The quantitative estimate of drug-likeness (QED) is 0.166. The van der Waals surface area contributed by atoms with E-state index >= 15 is 0 Å². The molecule has 7 rings (SSSR count). The summed E-state index contributed by atoms with van der Waals surface area (Å²) in [6.07, 6.45) is 8.63. The second kappa shape index (κ2) is 14.7. The molecule has 5 aromatic rings. The summed E-state index contributed by atoms with van der Waals surface area (Å²) in [7, 11) is -4.34. The number of carbonyl (C=O) groups is 2. The highest BCUT2D eigenvalue weighted by atomic mass is 32.2. The summed E-state index contributed by atoms with van der Waals surface area (Å²) in [5, 5.41) is 4.19. The molecule has 2 aromatic heterocycles. The Morgan fingerprint density at radius 1 is 0.830 bits per heavy atom. The number of aromatic nitrogens is 3. The Morgan fingerprint density at radius 3 is 2.09 bits per heavy atom. The molecule has 278 valence electrons. The smallest absolute Gasteiger partial charge is 0.264 e. The number of hydrogen-bond donors (Lipinski definition) is 2. The van der Waals surface area contributed by atoms with Crippen molar-refractivity contribution in [1.82, 2.24) is 24.2 Å². The van der Waals surface area contributed by atoms with Crippen LogP contribution in [0.4, 0.5) is 0 Å². The highest BCUT2D eigenvalue weighted by Gasteiger charge is 2.55. The fraction of sp³-hybridized carbons (Fsp3) is 0.333. The predicted molar refractivity (Wildman–Crippen MR) is 202 cm³/mol. The van der Waals surface area contributed by atoms with Crippen molar-refractivity contribution in [2.75, 3.05) is 7.11 Å². The average Bonchev–Trinajstić information content (AvgIpc) is 4.09. The third-order valence-corrected chi connectivity index (χ3v) is 13.5. The summed E-state index contributed by atoms with van der Waals surface area (Å²) >= 11 is 0. The van der Waals surface area contributed by atoms with E-state index in [9.17, 15) is 26.4 Å². The Morgan fingerprint density at radius 2 is 1.49 bits per heavy atom. The molecule has 14 heteroatoms. The van der Waals surface area contributed by atoms with Crippen molar-refractivity contribution in [3.8, 4) is 16.9 Å². The van der Waals surface area contributed by atoms with Gasteiger partial charge in [-0.05, 0) is 80.0 Å². The average molecular weight is 758 g/mol. The van der Waals surface area contributed by atoms with E-state index in [1.165, 1.54) is 6.07 Å². The molecule has 0 spiro atoms. The van der Waals surface area contributed by atoms with E-state index in [-0.39, 0.29) is 10.8 Å². The number of hydrogen-bond acceptors (Lipinski definition) is 9. The minimum Gasteiger partial charge on any atom is -0.496 e. The van der Waals surface area contributed by atoms with Gasteiger partial charge < -0.3 is 4.74 Å². The monoisotopic (exact) mass is 757 g/mol. The molecule has 2 saturated carbocycles. The molecule has 0 atom stereocenters. The molecule has 0 radical (unpaired) electrons. The number of nitrogens with zero attached hydrogens (tertiary/aromatic N) is 3. The summed E-state index contributed by atoms with van der Waals surface area (Å²) in [6, 6.07) is 23.1. The van der Waals surface area contributed by atoms with Gasteiger partial charge in [-0.3, -0.25) is 24.0 Å². The summed E-state index contributed by atoms with van der Waals surface area (Å²) in [6.45, 7) is 3.64. The maximum atomic E-state index is 13.5. The largest absolute Gasteiger partial charge is 0.496 e. The number of carbonyl (C=O) groups excluding carboxylic acids is 2. The number of rotatable bonds is 12. The number of aryl methyl sites for hydroxylation is 1. The Kier molecular flexibility index (Phi) is 10.5. The van der Waals surface area contributed by atoms with Gasteiger partial charge in [-0.25, -0.2) is 21.6 Å². The normalized spacial score (nSPS) is 15.6. The van der Waals surface area contributed by atoms with Gasteiger partial charge in [0.25, 0.3) is 10.0 Å². The standard InChI is InChI=1S/C24H22N4O4S.C15H21NO3S/c1-28-15-16(14-26-28)17-6-3-9-20(32-2)22(17)24(11-12-24)23(29)27-33(30,31)21-10-4-8-19-18(21)7-5-13-25-19;1-3-13(4-2)20(18,19)16-14(17)15(10-11-15)12-8-6-5-7-9-12/h3-10,13-15H,11-12H2,1-2H3,(H,27,29);5-9,13H,3-4,10-11H2,1-2H3,(H,16,17). The first-order valence-corrected chi connectivity index (χ1v) is 20.5. The summed E-state index contributed by atoms with van der Waals surface area (Å²) in [5.74, 6) is -0.413. The molecular formula is C39H43N5O7S2. The Hall–Kier alpha value is -5.08. The lowest BCUT2D eigenvalue weighted by Gasteiger charge is -2.22. The molecule has 12 nitrogen and oxygen atoms in total. The van der Waals surface area contributed by atoms with Crippen LogP contribution in [0.5, 0.6) is 5.75 Å². The summed E-state index contributed by atoms with van der Waals surface area (Å²) in [5.41, 5.74) is 2.09. The zero-order chi connectivity index (χ0) is 38.0. The number of amides is 2. The van der Waals surface area contributed by atoms with Crippen LogP contribution in [0.15, 0.2) is 102 Å². The van der Waals surface area contributed by atoms with Gasteiger partial charge in [0.1, 0.15) is 5.75 Å². The number of sulfonamides is 2. The van der Waals surface area contributed by atoms with Crippen LogP contribution in [0.25, 0.3) is 22.0 Å².